The molecular weight excluding hydrogens is 294 g/mol. The number of nitrogens with one attached hydrogen (secondary N) is 1. The zero-order chi connectivity index (χ0) is 15.8. The van der Waals surface area contributed by atoms with E-state index >= 15 is 0 Å². The highest BCUT2D eigenvalue weighted by molar-refractivity contribution is 5.92. The van der Waals surface area contributed by atoms with Gasteiger partial charge in [-0.05, 0) is 31.1 Å². The van der Waals surface area contributed by atoms with Gasteiger partial charge in [-0.3, -0.25) is 4.79 Å². The number of amides is 1. The van der Waals surface area contributed by atoms with Gasteiger partial charge in [-0.25, -0.2) is 0 Å². The highest BCUT2D eigenvalue weighted by Gasteiger charge is 2.34. The van der Waals surface area contributed by atoms with Gasteiger partial charge in [-0.15, -0.1) is 0 Å². The third-order valence-corrected chi connectivity index (χ3v) is 5.29. The molecular formula is C17H25N3O3. The summed E-state index contributed by atoms with van der Waals surface area (Å²) in [6, 6.07) is 1.99. The van der Waals surface area contributed by atoms with Crippen LogP contribution in [0, 0.1) is 11.8 Å². The molecule has 0 spiro atoms. The number of likely N-dealkylation sites (tertiary alicyclic amines) is 1. The summed E-state index contributed by atoms with van der Waals surface area (Å²) in [7, 11) is 0. The van der Waals surface area contributed by atoms with Crippen LogP contribution >= 0.6 is 0 Å². The standard InChI is InChI=1S/C17H25N3O3/c1-11-7-20(8-12-4-5-22-10-12)9-15(11)18-17(21)14-6-16(23-19-14)13-2-3-13/h6,11-13,15H,2-5,7-10H2,1H3,(H,18,21)/t11-,12?,15+/m1/s1. The molecule has 1 unspecified atom stereocenters. The second kappa shape index (κ2) is 6.24. The first-order valence-electron chi connectivity index (χ1n) is 8.76. The molecule has 1 saturated carbocycles. The molecule has 6 heteroatoms. The highest BCUT2D eigenvalue weighted by Crippen LogP contribution is 2.40. The van der Waals surface area contributed by atoms with Crippen molar-refractivity contribution in [2.24, 2.45) is 11.8 Å². The normalized spacial score (nSPS) is 31.6. The molecule has 4 rings (SSSR count). The number of hydrogen-bond donors (Lipinski definition) is 1. The van der Waals surface area contributed by atoms with E-state index in [1.165, 1.54) is 0 Å². The predicted molar refractivity (Wildman–Crippen MR) is 84.3 cm³/mol. The number of aromatic nitrogens is 1. The molecule has 0 radical (unpaired) electrons. The lowest BCUT2D eigenvalue weighted by Gasteiger charge is -2.19. The quantitative estimate of drug-likeness (QED) is 0.893. The third-order valence-electron chi connectivity index (χ3n) is 5.29. The maximum absolute atomic E-state index is 12.4. The molecule has 6 nitrogen and oxygen atoms in total. The van der Waals surface area contributed by atoms with Crippen LogP contribution < -0.4 is 5.32 Å². The Kier molecular flexibility index (Phi) is 4.11. The first-order valence-corrected chi connectivity index (χ1v) is 8.76. The van der Waals surface area contributed by atoms with Crippen molar-refractivity contribution < 1.29 is 14.1 Å². The number of rotatable bonds is 5. The van der Waals surface area contributed by atoms with E-state index in [0.717, 1.165) is 57.9 Å². The van der Waals surface area contributed by atoms with Crippen LogP contribution in [0.1, 0.15) is 48.4 Å². The fourth-order valence-corrected chi connectivity index (χ4v) is 3.70. The van der Waals surface area contributed by atoms with Crippen LogP contribution in [0.4, 0.5) is 0 Å². The van der Waals surface area contributed by atoms with Crippen LogP contribution in [0.3, 0.4) is 0 Å². The number of nitrogens with zero attached hydrogens (tertiary/aromatic N) is 2. The van der Waals surface area contributed by atoms with Crippen molar-refractivity contribution in [3.05, 3.63) is 17.5 Å². The van der Waals surface area contributed by atoms with Crippen LogP contribution in [-0.4, -0.2) is 54.9 Å². The zero-order valence-electron chi connectivity index (χ0n) is 13.7. The van der Waals surface area contributed by atoms with Gasteiger partial charge in [-0.1, -0.05) is 12.1 Å². The van der Waals surface area contributed by atoms with E-state index in [0.29, 0.717) is 23.4 Å². The third kappa shape index (κ3) is 3.43. The smallest absolute Gasteiger partial charge is 0.273 e. The van der Waals surface area contributed by atoms with Crippen LogP contribution in [-0.2, 0) is 4.74 Å². The fraction of sp³-hybridized carbons (Fsp3) is 0.765. The molecule has 1 aliphatic carbocycles. The first-order chi connectivity index (χ1) is 11.2. The zero-order valence-corrected chi connectivity index (χ0v) is 13.7. The van der Waals surface area contributed by atoms with E-state index in [-0.39, 0.29) is 11.9 Å². The molecule has 3 heterocycles. The maximum Gasteiger partial charge on any atom is 0.273 e. The predicted octanol–water partition coefficient (Wildman–Crippen LogP) is 1.64. The molecule has 3 atom stereocenters. The largest absolute Gasteiger partial charge is 0.381 e. The molecule has 2 aliphatic heterocycles. The fourth-order valence-electron chi connectivity index (χ4n) is 3.70. The molecule has 1 N–H and O–H groups in total. The first kappa shape index (κ1) is 15.1. The van der Waals surface area contributed by atoms with Crippen molar-refractivity contribution in [3.63, 3.8) is 0 Å². The van der Waals surface area contributed by atoms with Crippen molar-refractivity contribution in [2.45, 2.75) is 38.1 Å². The Morgan fingerprint density at radius 1 is 1.39 bits per heavy atom. The number of carbonyl (C=O) groups is 1. The van der Waals surface area contributed by atoms with Crippen molar-refractivity contribution in [1.82, 2.24) is 15.4 Å². The second-order valence-corrected chi connectivity index (χ2v) is 7.39. The van der Waals surface area contributed by atoms with Crippen LogP contribution in [0.2, 0.25) is 0 Å². The average molecular weight is 319 g/mol. The Hall–Kier alpha value is -1.40. The maximum atomic E-state index is 12.4. The topological polar surface area (TPSA) is 67.6 Å². The van der Waals surface area contributed by atoms with Gasteiger partial charge in [0.05, 0.1) is 6.61 Å². The molecule has 23 heavy (non-hydrogen) atoms. The van der Waals surface area contributed by atoms with Gasteiger partial charge in [0.2, 0.25) is 0 Å². The lowest BCUT2D eigenvalue weighted by Crippen LogP contribution is -2.40. The van der Waals surface area contributed by atoms with E-state index < -0.39 is 0 Å². The van der Waals surface area contributed by atoms with Gasteiger partial charge in [0.1, 0.15) is 5.76 Å². The van der Waals surface area contributed by atoms with Gasteiger partial charge >= 0.3 is 0 Å². The minimum absolute atomic E-state index is 0.108. The summed E-state index contributed by atoms with van der Waals surface area (Å²) in [5.74, 6) is 2.34. The van der Waals surface area contributed by atoms with Crippen molar-refractivity contribution in [1.29, 1.82) is 0 Å². The monoisotopic (exact) mass is 319 g/mol. The summed E-state index contributed by atoms with van der Waals surface area (Å²) in [6.07, 6.45) is 3.45. The number of ether oxygens (including phenoxy) is 1. The molecule has 1 aromatic heterocycles. The molecule has 2 saturated heterocycles. The van der Waals surface area contributed by atoms with E-state index in [4.69, 9.17) is 9.26 Å². The lowest BCUT2D eigenvalue weighted by atomic mass is 10.1. The van der Waals surface area contributed by atoms with E-state index in [9.17, 15) is 4.79 Å². The summed E-state index contributed by atoms with van der Waals surface area (Å²) in [6.45, 7) is 7.00. The lowest BCUT2D eigenvalue weighted by molar-refractivity contribution is 0.0921. The van der Waals surface area contributed by atoms with E-state index in [2.05, 4.69) is 22.3 Å². The SMILES string of the molecule is C[C@@H]1CN(CC2CCOC2)C[C@@H]1NC(=O)c1cc(C2CC2)on1. The molecule has 3 fully saturated rings. The second-order valence-electron chi connectivity index (χ2n) is 7.39. The molecule has 0 bridgehead atoms. The molecule has 1 aromatic rings. The van der Waals surface area contributed by atoms with Gasteiger partial charge in [-0.2, -0.15) is 0 Å². The van der Waals surface area contributed by atoms with Crippen molar-refractivity contribution in [2.75, 3.05) is 32.8 Å². The summed E-state index contributed by atoms with van der Waals surface area (Å²) in [5.41, 5.74) is 0.418. The van der Waals surface area contributed by atoms with Crippen LogP contribution in [0.25, 0.3) is 0 Å². The Labute approximate surface area is 136 Å². The molecule has 0 aromatic carbocycles. The average Bonchev–Trinajstić information content (AvgIpc) is 2.94. The Morgan fingerprint density at radius 3 is 3.00 bits per heavy atom. The minimum Gasteiger partial charge on any atom is -0.381 e. The van der Waals surface area contributed by atoms with Gasteiger partial charge in [0.15, 0.2) is 5.69 Å². The van der Waals surface area contributed by atoms with Crippen LogP contribution in [0.15, 0.2) is 10.6 Å². The summed E-state index contributed by atoms with van der Waals surface area (Å²) in [4.78, 5) is 14.8. The van der Waals surface area contributed by atoms with E-state index in [1.54, 1.807) is 6.07 Å². The van der Waals surface area contributed by atoms with Crippen LogP contribution in [0.5, 0.6) is 0 Å². The van der Waals surface area contributed by atoms with Gasteiger partial charge in [0.25, 0.3) is 5.91 Å². The van der Waals surface area contributed by atoms with Gasteiger partial charge in [0, 0.05) is 44.3 Å². The highest BCUT2D eigenvalue weighted by atomic mass is 16.5. The Balaban J connectivity index is 1.31. The Bertz CT molecular complexity index is 563. The Morgan fingerprint density at radius 2 is 2.26 bits per heavy atom. The molecule has 1 amide bonds. The summed E-state index contributed by atoms with van der Waals surface area (Å²) >= 11 is 0. The summed E-state index contributed by atoms with van der Waals surface area (Å²) < 4.78 is 10.7. The number of hydrogen-bond acceptors (Lipinski definition) is 5. The van der Waals surface area contributed by atoms with Gasteiger partial charge < -0.3 is 19.5 Å². The minimum atomic E-state index is -0.108. The number of carbonyl (C=O) groups excluding carboxylic acids is 1. The van der Waals surface area contributed by atoms with Crippen molar-refractivity contribution >= 4 is 5.91 Å². The summed E-state index contributed by atoms with van der Waals surface area (Å²) in [5, 5.41) is 7.07. The van der Waals surface area contributed by atoms with E-state index in [1.807, 2.05) is 0 Å². The molecule has 126 valence electrons. The molecule has 3 aliphatic rings. The van der Waals surface area contributed by atoms with Crippen molar-refractivity contribution in [3.8, 4) is 0 Å².